The second-order valence-electron chi connectivity index (χ2n) is 6.27. The molecule has 2 N–H and O–H groups in total. The number of hydrogen-bond donors (Lipinski definition) is 2. The fraction of sp³-hybridized carbons (Fsp3) is 1.00. The third-order valence-corrected chi connectivity index (χ3v) is 3.58. The zero-order valence-corrected chi connectivity index (χ0v) is 16.6. The SMILES string of the molecule is C[N+]1(C)CCNCC1.C[N+]1(C)CCNCC1.[I-].[I-]. The first-order valence-electron chi connectivity index (χ1n) is 6.47. The summed E-state index contributed by atoms with van der Waals surface area (Å²) >= 11 is 0. The molecule has 2 aliphatic rings. The Kier molecular flexibility index (Phi) is 12.1. The Morgan fingerprint density at radius 3 is 0.889 bits per heavy atom. The summed E-state index contributed by atoms with van der Waals surface area (Å²) in [6, 6.07) is 0. The second-order valence-corrected chi connectivity index (χ2v) is 6.27. The van der Waals surface area contributed by atoms with Crippen LogP contribution < -0.4 is 58.6 Å². The van der Waals surface area contributed by atoms with E-state index in [0.29, 0.717) is 0 Å². The Morgan fingerprint density at radius 1 is 0.556 bits per heavy atom. The highest BCUT2D eigenvalue weighted by atomic mass is 127. The van der Waals surface area contributed by atoms with Crippen LogP contribution in [-0.2, 0) is 0 Å². The Bertz CT molecular complexity index is 172. The van der Waals surface area contributed by atoms with Gasteiger partial charge < -0.3 is 67.6 Å². The number of halogens is 2. The van der Waals surface area contributed by atoms with Crippen molar-refractivity contribution in [3.05, 3.63) is 0 Å². The molecule has 2 saturated heterocycles. The van der Waals surface area contributed by atoms with Gasteiger partial charge in [0.1, 0.15) is 0 Å². The average molecular weight is 484 g/mol. The van der Waals surface area contributed by atoms with Gasteiger partial charge in [-0.2, -0.15) is 0 Å². The third-order valence-electron chi connectivity index (χ3n) is 3.58. The molecule has 0 atom stereocenters. The monoisotopic (exact) mass is 484 g/mol. The van der Waals surface area contributed by atoms with Crippen LogP contribution in [0.5, 0.6) is 0 Å². The second kappa shape index (κ2) is 10.1. The van der Waals surface area contributed by atoms with Gasteiger partial charge in [-0.3, -0.25) is 0 Å². The molecule has 0 saturated carbocycles. The van der Waals surface area contributed by atoms with Crippen molar-refractivity contribution in [2.45, 2.75) is 0 Å². The molecule has 2 heterocycles. The number of nitrogens with zero attached hydrogens (tertiary/aromatic N) is 2. The molecule has 2 aliphatic heterocycles. The molecule has 6 heteroatoms. The fourth-order valence-corrected chi connectivity index (χ4v) is 2.00. The van der Waals surface area contributed by atoms with Crippen molar-refractivity contribution in [1.29, 1.82) is 0 Å². The molecule has 0 aromatic heterocycles. The maximum atomic E-state index is 3.32. The summed E-state index contributed by atoms with van der Waals surface area (Å²) in [5.74, 6) is 0. The van der Waals surface area contributed by atoms with Gasteiger partial charge in [-0.15, -0.1) is 0 Å². The topological polar surface area (TPSA) is 24.1 Å². The van der Waals surface area contributed by atoms with E-state index in [1.165, 1.54) is 61.3 Å². The van der Waals surface area contributed by atoms with E-state index in [1.807, 2.05) is 0 Å². The Balaban J connectivity index is 0. The first-order valence-corrected chi connectivity index (χ1v) is 6.47. The summed E-state index contributed by atoms with van der Waals surface area (Å²) in [5.41, 5.74) is 0. The maximum absolute atomic E-state index is 3.32. The molecule has 0 aliphatic carbocycles. The van der Waals surface area contributed by atoms with Gasteiger partial charge in [0.2, 0.25) is 0 Å². The zero-order chi connectivity index (χ0) is 12.1. The van der Waals surface area contributed by atoms with Crippen LogP contribution in [0.15, 0.2) is 0 Å². The van der Waals surface area contributed by atoms with E-state index in [-0.39, 0.29) is 48.0 Å². The van der Waals surface area contributed by atoms with Crippen molar-refractivity contribution in [2.24, 2.45) is 0 Å². The minimum absolute atomic E-state index is 0. The predicted octanol–water partition coefficient (Wildman–Crippen LogP) is -6.66. The van der Waals surface area contributed by atoms with E-state index in [2.05, 4.69) is 38.8 Å². The summed E-state index contributed by atoms with van der Waals surface area (Å²) in [7, 11) is 9.11. The van der Waals surface area contributed by atoms with Crippen LogP contribution >= 0.6 is 0 Å². The first kappa shape index (κ1) is 21.6. The van der Waals surface area contributed by atoms with Crippen LogP contribution in [0.3, 0.4) is 0 Å². The van der Waals surface area contributed by atoms with Gasteiger partial charge in [-0.25, -0.2) is 0 Å². The standard InChI is InChI=1S/2C6H15N2.2HI/c2*1-8(2)5-3-7-4-6-8;;/h2*7H,3-6H2,1-2H3;2*1H/q2*+1;;/p-2. The number of nitrogens with one attached hydrogen (secondary N) is 2. The van der Waals surface area contributed by atoms with Crippen molar-refractivity contribution in [1.82, 2.24) is 10.6 Å². The van der Waals surface area contributed by atoms with E-state index in [9.17, 15) is 0 Å². The summed E-state index contributed by atoms with van der Waals surface area (Å²) < 4.78 is 2.38. The molecule has 18 heavy (non-hydrogen) atoms. The first-order chi connectivity index (χ1) is 7.41. The number of piperazine rings is 2. The van der Waals surface area contributed by atoms with Gasteiger partial charge in [0, 0.05) is 26.2 Å². The van der Waals surface area contributed by atoms with Crippen LogP contribution in [0.4, 0.5) is 0 Å². The van der Waals surface area contributed by atoms with Gasteiger partial charge >= 0.3 is 0 Å². The predicted molar refractivity (Wildman–Crippen MR) is 69.4 cm³/mol. The van der Waals surface area contributed by atoms with E-state index in [4.69, 9.17) is 0 Å². The molecule has 2 rings (SSSR count). The lowest BCUT2D eigenvalue weighted by Gasteiger charge is -2.33. The van der Waals surface area contributed by atoms with Crippen molar-refractivity contribution >= 4 is 0 Å². The zero-order valence-electron chi connectivity index (χ0n) is 12.3. The molecule has 0 amide bonds. The van der Waals surface area contributed by atoms with Gasteiger partial charge in [-0.05, 0) is 0 Å². The van der Waals surface area contributed by atoms with Crippen molar-refractivity contribution in [2.75, 3.05) is 80.5 Å². The van der Waals surface area contributed by atoms with Gasteiger partial charge in [-0.1, -0.05) is 0 Å². The van der Waals surface area contributed by atoms with Crippen LogP contribution in [0.1, 0.15) is 0 Å². The van der Waals surface area contributed by atoms with Crippen LogP contribution in [0.2, 0.25) is 0 Å². The molecular formula is C12H30I2N4. The molecule has 0 spiro atoms. The minimum Gasteiger partial charge on any atom is -1.00 e. The smallest absolute Gasteiger partial charge is 0.0909 e. The highest BCUT2D eigenvalue weighted by molar-refractivity contribution is 4.52. The maximum Gasteiger partial charge on any atom is 0.0909 e. The molecule has 2 fully saturated rings. The van der Waals surface area contributed by atoms with Crippen molar-refractivity contribution in [3.8, 4) is 0 Å². The van der Waals surface area contributed by atoms with Crippen molar-refractivity contribution in [3.63, 3.8) is 0 Å². The van der Waals surface area contributed by atoms with E-state index < -0.39 is 0 Å². The quantitative estimate of drug-likeness (QED) is 0.264. The van der Waals surface area contributed by atoms with Crippen LogP contribution in [0.25, 0.3) is 0 Å². The van der Waals surface area contributed by atoms with Crippen molar-refractivity contribution < 1.29 is 56.9 Å². The lowest BCUT2D eigenvalue weighted by molar-refractivity contribution is -0.891. The van der Waals surface area contributed by atoms with E-state index >= 15 is 0 Å². The molecule has 0 aromatic rings. The van der Waals surface area contributed by atoms with Gasteiger partial charge in [0.25, 0.3) is 0 Å². The summed E-state index contributed by atoms with van der Waals surface area (Å²) in [5, 5.41) is 6.65. The molecule has 4 nitrogen and oxygen atoms in total. The summed E-state index contributed by atoms with van der Waals surface area (Å²) in [4.78, 5) is 0. The van der Waals surface area contributed by atoms with Gasteiger partial charge in [0.05, 0.1) is 54.4 Å². The Hall–Kier alpha value is 1.30. The number of rotatable bonds is 0. The third kappa shape index (κ3) is 10.1. The highest BCUT2D eigenvalue weighted by Gasteiger charge is 2.17. The van der Waals surface area contributed by atoms with E-state index in [1.54, 1.807) is 0 Å². The molecule has 0 unspecified atom stereocenters. The normalized spacial score (nSPS) is 24.7. The lowest BCUT2D eigenvalue weighted by Crippen LogP contribution is -3.00. The number of quaternary nitrogens is 2. The molecule has 0 bridgehead atoms. The van der Waals surface area contributed by atoms with Gasteiger partial charge in [0.15, 0.2) is 0 Å². The molecule has 0 aromatic carbocycles. The minimum atomic E-state index is 0. The molecular weight excluding hydrogens is 454 g/mol. The van der Waals surface area contributed by atoms with Crippen LogP contribution in [0, 0.1) is 0 Å². The molecule has 0 radical (unpaired) electrons. The van der Waals surface area contributed by atoms with Crippen LogP contribution in [-0.4, -0.2) is 89.5 Å². The summed E-state index contributed by atoms with van der Waals surface area (Å²) in [6.07, 6.45) is 0. The Morgan fingerprint density at radius 2 is 0.778 bits per heavy atom. The number of likely N-dealkylation sites (N-methyl/N-ethyl adjacent to an activating group) is 2. The average Bonchev–Trinajstić information content (AvgIpc) is 2.17. The van der Waals surface area contributed by atoms with E-state index in [0.717, 1.165) is 0 Å². The lowest BCUT2D eigenvalue weighted by atomic mass is 10.3. The Labute approximate surface area is 147 Å². The largest absolute Gasteiger partial charge is 1.00 e. The summed E-state index contributed by atoms with van der Waals surface area (Å²) in [6.45, 7) is 9.86. The highest BCUT2D eigenvalue weighted by Crippen LogP contribution is 1.97. The fourth-order valence-electron chi connectivity index (χ4n) is 2.00. The number of hydrogen-bond acceptors (Lipinski definition) is 2. The molecule has 112 valence electrons.